The van der Waals surface area contributed by atoms with Crippen molar-refractivity contribution in [2.24, 2.45) is 0 Å². The van der Waals surface area contributed by atoms with Gasteiger partial charge in [0, 0.05) is 12.6 Å². The maximum atomic E-state index is 5.12. The van der Waals surface area contributed by atoms with Gasteiger partial charge in [-0.25, -0.2) is 0 Å². The smallest absolute Gasteiger partial charge is 0.137 e. The molecule has 0 aliphatic carbocycles. The lowest BCUT2D eigenvalue weighted by Crippen LogP contribution is -1.94. The van der Waals surface area contributed by atoms with Crippen LogP contribution in [0.2, 0.25) is 0 Å². The predicted molar refractivity (Wildman–Crippen MR) is 44.2 cm³/mol. The number of aromatic nitrogens is 1. The van der Waals surface area contributed by atoms with Gasteiger partial charge in [-0.05, 0) is 11.6 Å². The van der Waals surface area contributed by atoms with Crippen LogP contribution < -0.4 is 4.74 Å². The summed E-state index contributed by atoms with van der Waals surface area (Å²) < 4.78 is 10.2. The Balaban J connectivity index is 2.08. The second-order valence-corrected chi connectivity index (χ2v) is 2.89. The first-order chi connectivity index (χ1) is 5.88. The predicted octanol–water partition coefficient (Wildman–Crippen LogP) is 1.03. The molecule has 64 valence electrons. The molecular formula is C9H11NO2. The topological polar surface area (TPSA) is 34.6 Å². The van der Waals surface area contributed by atoms with Crippen LogP contribution in [0.1, 0.15) is 5.56 Å². The van der Waals surface area contributed by atoms with Gasteiger partial charge >= 0.3 is 0 Å². The van der Waals surface area contributed by atoms with E-state index in [2.05, 4.69) is 4.98 Å². The van der Waals surface area contributed by atoms with Gasteiger partial charge in [0.25, 0.3) is 0 Å². The molecule has 1 aliphatic rings. The highest BCUT2D eigenvalue weighted by Crippen LogP contribution is 2.18. The van der Waals surface area contributed by atoms with Crippen LogP contribution in [0.4, 0.5) is 0 Å². The summed E-state index contributed by atoms with van der Waals surface area (Å²) in [4.78, 5) is 4.06. The van der Waals surface area contributed by atoms with Gasteiger partial charge in [0.15, 0.2) is 0 Å². The summed E-state index contributed by atoms with van der Waals surface area (Å²) in [6.07, 6.45) is 4.92. The van der Waals surface area contributed by atoms with Crippen molar-refractivity contribution in [2.75, 3.05) is 13.7 Å². The molecule has 1 fully saturated rings. The van der Waals surface area contributed by atoms with E-state index in [9.17, 15) is 0 Å². The second-order valence-electron chi connectivity index (χ2n) is 2.89. The fourth-order valence-corrected chi connectivity index (χ4v) is 1.14. The molecule has 2 rings (SSSR count). The van der Waals surface area contributed by atoms with E-state index in [0.717, 1.165) is 18.8 Å². The number of ether oxygens (including phenoxy) is 2. The van der Waals surface area contributed by atoms with E-state index < -0.39 is 0 Å². The van der Waals surface area contributed by atoms with Gasteiger partial charge in [-0.1, -0.05) is 0 Å². The maximum absolute atomic E-state index is 5.12. The van der Waals surface area contributed by atoms with E-state index in [1.165, 1.54) is 5.56 Å². The molecule has 2 heterocycles. The Bertz CT molecular complexity index is 271. The normalized spacial score (nSPS) is 20.6. The van der Waals surface area contributed by atoms with Crippen molar-refractivity contribution in [1.29, 1.82) is 0 Å². The van der Waals surface area contributed by atoms with Crippen molar-refractivity contribution >= 4 is 0 Å². The highest BCUT2D eigenvalue weighted by atomic mass is 16.6. The standard InChI is InChI=1S/C9H11NO2/c1-11-8-2-7(4-10-5-8)3-9-6-12-9/h2,4-5,9H,3,6H2,1H3. The highest BCUT2D eigenvalue weighted by Gasteiger charge is 2.22. The van der Waals surface area contributed by atoms with Crippen molar-refractivity contribution < 1.29 is 9.47 Å². The fraction of sp³-hybridized carbons (Fsp3) is 0.444. The lowest BCUT2D eigenvalue weighted by atomic mass is 10.2. The molecule has 0 amide bonds. The van der Waals surface area contributed by atoms with E-state index in [0.29, 0.717) is 6.10 Å². The summed E-state index contributed by atoms with van der Waals surface area (Å²) in [7, 11) is 1.65. The molecule has 1 aromatic heterocycles. The zero-order chi connectivity index (χ0) is 8.39. The van der Waals surface area contributed by atoms with Crippen LogP contribution in [0.15, 0.2) is 18.5 Å². The average Bonchev–Trinajstić information content (AvgIpc) is 2.89. The third kappa shape index (κ3) is 1.74. The van der Waals surface area contributed by atoms with Gasteiger partial charge in [0.1, 0.15) is 5.75 Å². The Labute approximate surface area is 71.3 Å². The number of hydrogen-bond acceptors (Lipinski definition) is 3. The molecule has 0 bridgehead atoms. The SMILES string of the molecule is COc1cncc(CC2CO2)c1. The summed E-state index contributed by atoms with van der Waals surface area (Å²) in [5.41, 5.74) is 1.18. The molecule has 0 saturated carbocycles. The van der Waals surface area contributed by atoms with Gasteiger partial charge < -0.3 is 9.47 Å². The third-order valence-electron chi connectivity index (χ3n) is 1.87. The molecule has 3 nitrogen and oxygen atoms in total. The van der Waals surface area contributed by atoms with Gasteiger partial charge in [0.05, 0.1) is 26.0 Å². The number of pyridine rings is 1. The van der Waals surface area contributed by atoms with Crippen molar-refractivity contribution in [3.05, 3.63) is 24.0 Å². The lowest BCUT2D eigenvalue weighted by Gasteiger charge is -2.00. The van der Waals surface area contributed by atoms with E-state index in [-0.39, 0.29) is 0 Å². The molecule has 0 spiro atoms. The van der Waals surface area contributed by atoms with Crippen LogP contribution in [-0.2, 0) is 11.2 Å². The molecule has 0 radical (unpaired) electrons. The summed E-state index contributed by atoms with van der Waals surface area (Å²) in [6, 6.07) is 1.99. The first kappa shape index (κ1) is 7.55. The van der Waals surface area contributed by atoms with Crippen LogP contribution in [0.25, 0.3) is 0 Å². The van der Waals surface area contributed by atoms with Crippen molar-refractivity contribution in [3.63, 3.8) is 0 Å². The Morgan fingerprint density at radius 1 is 1.67 bits per heavy atom. The van der Waals surface area contributed by atoms with E-state index in [1.807, 2.05) is 12.3 Å². The molecule has 1 aromatic rings. The molecule has 1 aliphatic heterocycles. The second kappa shape index (κ2) is 3.11. The minimum Gasteiger partial charge on any atom is -0.495 e. The van der Waals surface area contributed by atoms with E-state index in [4.69, 9.17) is 9.47 Å². The maximum Gasteiger partial charge on any atom is 0.137 e. The lowest BCUT2D eigenvalue weighted by molar-refractivity contribution is 0.403. The Hall–Kier alpha value is -1.09. The number of methoxy groups -OCH3 is 1. The largest absolute Gasteiger partial charge is 0.495 e. The molecule has 1 saturated heterocycles. The quantitative estimate of drug-likeness (QED) is 0.627. The van der Waals surface area contributed by atoms with Gasteiger partial charge in [-0.15, -0.1) is 0 Å². The third-order valence-corrected chi connectivity index (χ3v) is 1.87. The van der Waals surface area contributed by atoms with Gasteiger partial charge in [0.2, 0.25) is 0 Å². The Morgan fingerprint density at radius 2 is 2.50 bits per heavy atom. The summed E-state index contributed by atoms with van der Waals surface area (Å²) in [6.45, 7) is 0.886. The first-order valence-electron chi connectivity index (χ1n) is 3.98. The molecule has 1 unspecified atom stereocenters. The highest BCUT2D eigenvalue weighted by molar-refractivity contribution is 5.24. The summed E-state index contributed by atoms with van der Waals surface area (Å²) >= 11 is 0. The summed E-state index contributed by atoms with van der Waals surface area (Å²) in [5.74, 6) is 0.813. The first-order valence-corrected chi connectivity index (χ1v) is 3.98. The van der Waals surface area contributed by atoms with Crippen LogP contribution in [0, 0.1) is 0 Å². The number of rotatable bonds is 3. The van der Waals surface area contributed by atoms with Crippen molar-refractivity contribution in [3.8, 4) is 5.75 Å². The number of nitrogens with zero attached hydrogens (tertiary/aromatic N) is 1. The van der Waals surface area contributed by atoms with Crippen LogP contribution in [0.5, 0.6) is 5.75 Å². The molecule has 12 heavy (non-hydrogen) atoms. The number of hydrogen-bond donors (Lipinski definition) is 0. The molecular weight excluding hydrogens is 154 g/mol. The summed E-state index contributed by atoms with van der Waals surface area (Å²) in [5, 5.41) is 0. The van der Waals surface area contributed by atoms with Crippen LogP contribution >= 0.6 is 0 Å². The van der Waals surface area contributed by atoms with Crippen molar-refractivity contribution in [1.82, 2.24) is 4.98 Å². The average molecular weight is 165 g/mol. The molecule has 0 aromatic carbocycles. The molecule has 3 heteroatoms. The van der Waals surface area contributed by atoms with Crippen LogP contribution in [-0.4, -0.2) is 24.8 Å². The Kier molecular flexibility index (Phi) is 1.96. The van der Waals surface area contributed by atoms with Gasteiger partial charge in [-0.3, -0.25) is 4.98 Å². The minimum absolute atomic E-state index is 0.416. The van der Waals surface area contributed by atoms with Crippen molar-refractivity contribution in [2.45, 2.75) is 12.5 Å². The fourth-order valence-electron chi connectivity index (χ4n) is 1.14. The zero-order valence-corrected chi connectivity index (χ0v) is 6.99. The van der Waals surface area contributed by atoms with E-state index in [1.54, 1.807) is 13.3 Å². The molecule has 0 N–H and O–H groups in total. The van der Waals surface area contributed by atoms with Gasteiger partial charge in [-0.2, -0.15) is 0 Å². The monoisotopic (exact) mass is 165 g/mol. The zero-order valence-electron chi connectivity index (χ0n) is 6.99. The van der Waals surface area contributed by atoms with E-state index >= 15 is 0 Å². The molecule has 1 atom stereocenters. The Morgan fingerprint density at radius 3 is 3.17 bits per heavy atom. The number of epoxide rings is 1. The van der Waals surface area contributed by atoms with Crippen LogP contribution in [0.3, 0.4) is 0 Å². The minimum atomic E-state index is 0.416.